The molecule has 0 aliphatic carbocycles. The van der Waals surface area contributed by atoms with Gasteiger partial charge >= 0.3 is 0 Å². The first-order valence-corrected chi connectivity index (χ1v) is 3.29. The molecule has 54 valence electrons. The Kier molecular flexibility index (Phi) is 1.85. The first-order chi connectivity index (χ1) is 4.75. The number of aromatic amines is 1. The average Bonchev–Trinajstić information content (AvgIpc) is 1.88. The first kappa shape index (κ1) is 6.99. The van der Waals surface area contributed by atoms with Gasteiger partial charge in [-0.1, -0.05) is 6.92 Å². The Balaban J connectivity index is 3.31. The molecule has 0 saturated carbocycles. The normalized spacial score (nSPS) is 9.80. The van der Waals surface area contributed by atoms with E-state index in [1.165, 1.54) is 6.33 Å². The summed E-state index contributed by atoms with van der Waals surface area (Å²) in [5, 5.41) is 0. The molecular formula is C7H10N2O. The number of aromatic nitrogens is 2. The lowest BCUT2D eigenvalue weighted by atomic mass is 10.2. The molecule has 0 aliphatic heterocycles. The van der Waals surface area contributed by atoms with E-state index >= 15 is 0 Å². The number of hydrogen-bond donors (Lipinski definition) is 1. The summed E-state index contributed by atoms with van der Waals surface area (Å²) in [4.78, 5) is 17.4. The van der Waals surface area contributed by atoms with Crippen molar-refractivity contribution in [1.82, 2.24) is 9.97 Å². The molecule has 1 rings (SSSR count). The third-order valence-corrected chi connectivity index (χ3v) is 1.53. The molecule has 1 aromatic rings. The van der Waals surface area contributed by atoms with Crippen molar-refractivity contribution in [3.8, 4) is 0 Å². The molecule has 3 nitrogen and oxygen atoms in total. The zero-order valence-electron chi connectivity index (χ0n) is 6.14. The fourth-order valence-corrected chi connectivity index (χ4v) is 0.930. The van der Waals surface area contributed by atoms with Crippen LogP contribution in [0.15, 0.2) is 11.1 Å². The molecule has 0 unspecified atom stereocenters. The van der Waals surface area contributed by atoms with Crippen LogP contribution in [-0.4, -0.2) is 9.97 Å². The molecule has 0 amide bonds. The predicted molar refractivity (Wildman–Crippen MR) is 39.0 cm³/mol. The Morgan fingerprint density at radius 3 is 2.80 bits per heavy atom. The number of hydrogen-bond acceptors (Lipinski definition) is 2. The minimum Gasteiger partial charge on any atom is -0.350 e. The Labute approximate surface area is 59.1 Å². The van der Waals surface area contributed by atoms with Gasteiger partial charge in [0.2, 0.25) is 0 Å². The summed E-state index contributed by atoms with van der Waals surface area (Å²) < 4.78 is 0. The highest BCUT2D eigenvalue weighted by Crippen LogP contribution is 1.95. The van der Waals surface area contributed by atoms with Gasteiger partial charge in [-0.05, 0) is 13.3 Å². The molecule has 0 spiro atoms. The molecule has 0 fully saturated rings. The highest BCUT2D eigenvalue weighted by Gasteiger charge is 1.99. The van der Waals surface area contributed by atoms with Gasteiger partial charge in [0.15, 0.2) is 0 Å². The Hall–Kier alpha value is -1.12. The smallest absolute Gasteiger partial charge is 0.276 e. The summed E-state index contributed by atoms with van der Waals surface area (Å²) in [5.74, 6) is 0. The fourth-order valence-electron chi connectivity index (χ4n) is 0.930. The van der Waals surface area contributed by atoms with Gasteiger partial charge in [0.25, 0.3) is 5.56 Å². The van der Waals surface area contributed by atoms with Gasteiger partial charge in [0, 0.05) is 11.3 Å². The summed E-state index contributed by atoms with van der Waals surface area (Å²) in [5.41, 5.74) is 1.59. The van der Waals surface area contributed by atoms with E-state index in [0.29, 0.717) is 0 Å². The van der Waals surface area contributed by atoms with Crippen LogP contribution in [0.3, 0.4) is 0 Å². The molecule has 0 atom stereocenters. The van der Waals surface area contributed by atoms with E-state index in [4.69, 9.17) is 0 Å². The van der Waals surface area contributed by atoms with Crippen molar-refractivity contribution in [3.63, 3.8) is 0 Å². The van der Waals surface area contributed by atoms with Gasteiger partial charge < -0.3 is 4.98 Å². The second-order valence-corrected chi connectivity index (χ2v) is 2.16. The van der Waals surface area contributed by atoms with E-state index in [2.05, 4.69) is 9.97 Å². The molecule has 10 heavy (non-hydrogen) atoms. The lowest BCUT2D eigenvalue weighted by Crippen LogP contribution is -2.13. The maximum Gasteiger partial charge on any atom is 0.276 e. The minimum atomic E-state index is -0.112. The number of rotatable bonds is 1. The first-order valence-electron chi connectivity index (χ1n) is 3.29. The third-order valence-electron chi connectivity index (χ3n) is 1.53. The van der Waals surface area contributed by atoms with E-state index < -0.39 is 0 Å². The second-order valence-electron chi connectivity index (χ2n) is 2.16. The summed E-state index contributed by atoms with van der Waals surface area (Å²) in [6.45, 7) is 3.82. The SMILES string of the molecule is CCc1c(C)[nH]cnc1=O. The van der Waals surface area contributed by atoms with Crippen LogP contribution >= 0.6 is 0 Å². The van der Waals surface area contributed by atoms with Gasteiger partial charge in [-0.2, -0.15) is 4.98 Å². The average molecular weight is 138 g/mol. The van der Waals surface area contributed by atoms with Crippen molar-refractivity contribution in [2.24, 2.45) is 0 Å². The maximum absolute atomic E-state index is 10.9. The number of aryl methyl sites for hydroxylation is 1. The summed E-state index contributed by atoms with van der Waals surface area (Å²) in [6, 6.07) is 0. The molecule has 0 bridgehead atoms. The quantitative estimate of drug-likeness (QED) is 0.619. The fraction of sp³-hybridized carbons (Fsp3) is 0.429. The van der Waals surface area contributed by atoms with Gasteiger partial charge in [0.05, 0.1) is 6.33 Å². The van der Waals surface area contributed by atoms with Crippen molar-refractivity contribution < 1.29 is 0 Å². The maximum atomic E-state index is 10.9. The zero-order valence-corrected chi connectivity index (χ0v) is 6.14. The Morgan fingerprint density at radius 2 is 2.40 bits per heavy atom. The molecular weight excluding hydrogens is 128 g/mol. The summed E-state index contributed by atoms with van der Waals surface area (Å²) in [7, 11) is 0. The molecule has 0 saturated heterocycles. The zero-order chi connectivity index (χ0) is 7.56. The predicted octanol–water partition coefficient (Wildman–Crippen LogP) is 0.641. The van der Waals surface area contributed by atoms with Gasteiger partial charge in [-0.3, -0.25) is 4.79 Å². The highest BCUT2D eigenvalue weighted by atomic mass is 16.1. The van der Waals surface area contributed by atoms with Crippen LogP contribution in [0.5, 0.6) is 0 Å². The van der Waals surface area contributed by atoms with Crippen LogP contribution in [0, 0.1) is 6.92 Å². The van der Waals surface area contributed by atoms with Crippen molar-refractivity contribution >= 4 is 0 Å². The van der Waals surface area contributed by atoms with E-state index in [1.54, 1.807) is 0 Å². The summed E-state index contributed by atoms with van der Waals surface area (Å²) >= 11 is 0. The van der Waals surface area contributed by atoms with Crippen LogP contribution in [0.25, 0.3) is 0 Å². The molecule has 0 radical (unpaired) electrons. The van der Waals surface area contributed by atoms with Crippen molar-refractivity contribution in [2.75, 3.05) is 0 Å². The van der Waals surface area contributed by atoms with Crippen molar-refractivity contribution in [1.29, 1.82) is 0 Å². The summed E-state index contributed by atoms with van der Waals surface area (Å²) in [6.07, 6.45) is 2.17. The molecule has 0 aliphatic rings. The molecule has 1 heterocycles. The van der Waals surface area contributed by atoms with Gasteiger partial charge in [-0.25, -0.2) is 0 Å². The molecule has 1 N–H and O–H groups in total. The molecule has 0 aromatic carbocycles. The minimum absolute atomic E-state index is 0.112. The number of nitrogens with one attached hydrogen (secondary N) is 1. The van der Waals surface area contributed by atoms with Crippen LogP contribution < -0.4 is 5.56 Å². The van der Waals surface area contributed by atoms with Crippen LogP contribution in [0.1, 0.15) is 18.2 Å². The van der Waals surface area contributed by atoms with Gasteiger partial charge in [-0.15, -0.1) is 0 Å². The highest BCUT2D eigenvalue weighted by molar-refractivity contribution is 5.13. The van der Waals surface area contributed by atoms with Crippen LogP contribution in [0.4, 0.5) is 0 Å². The van der Waals surface area contributed by atoms with E-state index in [9.17, 15) is 4.79 Å². The van der Waals surface area contributed by atoms with E-state index in [0.717, 1.165) is 17.7 Å². The standard InChI is InChI=1S/C7H10N2O/c1-3-6-5(2)8-4-9-7(6)10/h4H,3H2,1-2H3,(H,8,9,10). The van der Waals surface area contributed by atoms with Crippen LogP contribution in [-0.2, 0) is 6.42 Å². The van der Waals surface area contributed by atoms with Crippen LogP contribution in [0.2, 0.25) is 0 Å². The van der Waals surface area contributed by atoms with Crippen molar-refractivity contribution in [2.45, 2.75) is 20.3 Å². The lowest BCUT2D eigenvalue weighted by Gasteiger charge is -1.97. The van der Waals surface area contributed by atoms with Crippen molar-refractivity contribution in [3.05, 3.63) is 27.9 Å². The molecule has 1 aromatic heterocycles. The number of H-pyrrole nitrogens is 1. The lowest BCUT2D eigenvalue weighted by molar-refractivity contribution is 0.960. The molecule has 3 heteroatoms. The largest absolute Gasteiger partial charge is 0.350 e. The Morgan fingerprint density at radius 1 is 1.70 bits per heavy atom. The Bertz CT molecular complexity index is 277. The van der Waals surface area contributed by atoms with Gasteiger partial charge in [0.1, 0.15) is 0 Å². The van der Waals surface area contributed by atoms with E-state index in [-0.39, 0.29) is 5.56 Å². The third kappa shape index (κ3) is 1.07. The topological polar surface area (TPSA) is 45.8 Å². The van der Waals surface area contributed by atoms with E-state index in [1.807, 2.05) is 13.8 Å². The monoisotopic (exact) mass is 138 g/mol. The second kappa shape index (κ2) is 2.64. The number of nitrogens with zero attached hydrogens (tertiary/aromatic N) is 1.